The van der Waals surface area contributed by atoms with Gasteiger partial charge in [-0.25, -0.2) is 0 Å². The molecule has 0 aromatic heterocycles. The summed E-state index contributed by atoms with van der Waals surface area (Å²) in [5.74, 6) is -0.129. The van der Waals surface area contributed by atoms with E-state index in [0.717, 1.165) is 0 Å². The maximum atomic E-state index is 10.5. The highest BCUT2D eigenvalue weighted by Gasteiger charge is 2.26. The zero-order valence-electron chi connectivity index (χ0n) is 7.07. The van der Waals surface area contributed by atoms with Crippen molar-refractivity contribution in [1.29, 1.82) is 0 Å². The number of aliphatic hydroxyl groups excluding tert-OH is 1. The minimum Gasteiger partial charge on any atom is -0.382 e. The van der Waals surface area contributed by atoms with Crippen molar-refractivity contribution in [2.45, 2.75) is 37.8 Å². The van der Waals surface area contributed by atoms with Crippen molar-refractivity contribution in [2.75, 3.05) is 0 Å². The van der Waals surface area contributed by atoms with E-state index in [-0.39, 0.29) is 0 Å². The van der Waals surface area contributed by atoms with Crippen molar-refractivity contribution in [2.24, 2.45) is 17.4 Å². The van der Waals surface area contributed by atoms with Crippen LogP contribution in [0.2, 0.25) is 0 Å². The minimum atomic E-state index is -1.18. The van der Waals surface area contributed by atoms with E-state index in [1.54, 1.807) is 0 Å². The number of carbonyl (C=O) groups excluding carboxylic acids is 1. The summed E-state index contributed by atoms with van der Waals surface area (Å²) in [5.41, 5.74) is 10.5. The van der Waals surface area contributed by atoms with E-state index < -0.39 is 18.1 Å². The van der Waals surface area contributed by atoms with E-state index in [0.29, 0.717) is 12.3 Å². The lowest BCUT2D eigenvalue weighted by molar-refractivity contribution is -0.127. The molecule has 4 heteroatoms. The van der Waals surface area contributed by atoms with Crippen LogP contribution in [0.3, 0.4) is 0 Å². The van der Waals surface area contributed by atoms with E-state index in [2.05, 4.69) is 0 Å². The first-order valence-corrected chi connectivity index (χ1v) is 4.34. The lowest BCUT2D eigenvalue weighted by Gasteiger charge is -2.29. The van der Waals surface area contributed by atoms with Crippen LogP contribution in [0.15, 0.2) is 0 Å². The number of rotatable bonds is 4. The Balaban J connectivity index is 2.25. The zero-order valence-corrected chi connectivity index (χ0v) is 7.07. The molecule has 1 aliphatic carbocycles. The van der Waals surface area contributed by atoms with Crippen LogP contribution in [0, 0.1) is 5.92 Å². The summed E-state index contributed by atoms with van der Waals surface area (Å²) in [6.07, 6.45) is 3.11. The summed E-state index contributed by atoms with van der Waals surface area (Å²) >= 11 is 0. The van der Waals surface area contributed by atoms with Crippen LogP contribution in [-0.2, 0) is 4.79 Å². The minimum absolute atomic E-state index is 0.479. The monoisotopic (exact) mass is 172 g/mol. The Morgan fingerprint density at radius 3 is 2.50 bits per heavy atom. The second-order valence-electron chi connectivity index (χ2n) is 3.54. The maximum Gasteiger partial charge on any atom is 0.247 e. The van der Waals surface area contributed by atoms with Gasteiger partial charge < -0.3 is 16.6 Å². The Morgan fingerprint density at radius 2 is 2.17 bits per heavy atom. The third-order valence-electron chi connectivity index (χ3n) is 2.53. The first kappa shape index (κ1) is 9.48. The largest absolute Gasteiger partial charge is 0.382 e. The number of aliphatic hydroxyl groups is 1. The molecule has 12 heavy (non-hydrogen) atoms. The summed E-state index contributed by atoms with van der Waals surface area (Å²) in [6, 6.07) is -0.479. The second-order valence-corrected chi connectivity index (χ2v) is 3.54. The average molecular weight is 172 g/mol. The van der Waals surface area contributed by atoms with Crippen molar-refractivity contribution >= 4 is 5.91 Å². The molecular weight excluding hydrogens is 156 g/mol. The first-order chi connectivity index (χ1) is 5.61. The van der Waals surface area contributed by atoms with Crippen molar-refractivity contribution in [3.8, 4) is 0 Å². The number of nitrogens with two attached hydrogens (primary N) is 2. The van der Waals surface area contributed by atoms with Crippen LogP contribution in [0.5, 0.6) is 0 Å². The highest BCUT2D eigenvalue weighted by molar-refractivity contribution is 5.79. The van der Waals surface area contributed by atoms with Gasteiger partial charge in [0.2, 0.25) is 5.91 Å². The molecule has 1 aliphatic rings. The van der Waals surface area contributed by atoms with E-state index >= 15 is 0 Å². The van der Waals surface area contributed by atoms with Gasteiger partial charge in [-0.3, -0.25) is 4.79 Å². The van der Waals surface area contributed by atoms with Crippen molar-refractivity contribution < 1.29 is 9.90 Å². The van der Waals surface area contributed by atoms with Crippen LogP contribution < -0.4 is 11.5 Å². The number of hydrogen-bond donors (Lipinski definition) is 3. The molecule has 1 amide bonds. The van der Waals surface area contributed by atoms with Gasteiger partial charge in [-0.2, -0.15) is 0 Å². The summed E-state index contributed by atoms with van der Waals surface area (Å²) < 4.78 is 0. The van der Waals surface area contributed by atoms with Gasteiger partial charge in [0.1, 0.15) is 6.10 Å². The Labute approximate surface area is 71.9 Å². The SMILES string of the molecule is NC(=O)C(O)[C@@H](N)CC1CCC1. The van der Waals surface area contributed by atoms with Crippen LogP contribution in [0.4, 0.5) is 0 Å². The lowest BCUT2D eigenvalue weighted by atomic mass is 9.80. The molecular formula is C8H16N2O2. The van der Waals surface area contributed by atoms with Crippen LogP contribution in [-0.4, -0.2) is 23.2 Å². The summed E-state index contributed by atoms with van der Waals surface area (Å²) in [7, 11) is 0. The second kappa shape index (κ2) is 3.87. The highest BCUT2D eigenvalue weighted by Crippen LogP contribution is 2.30. The molecule has 0 bridgehead atoms. The fourth-order valence-corrected chi connectivity index (χ4v) is 1.45. The molecule has 5 N–H and O–H groups in total. The Morgan fingerprint density at radius 1 is 1.58 bits per heavy atom. The normalized spacial score (nSPS) is 22.8. The van der Waals surface area contributed by atoms with Crippen molar-refractivity contribution in [3.05, 3.63) is 0 Å². The molecule has 0 aliphatic heterocycles. The molecule has 1 saturated carbocycles. The van der Waals surface area contributed by atoms with E-state index in [4.69, 9.17) is 16.6 Å². The van der Waals surface area contributed by atoms with Crippen LogP contribution in [0.25, 0.3) is 0 Å². The molecule has 0 heterocycles. The topological polar surface area (TPSA) is 89.3 Å². The molecule has 4 nitrogen and oxygen atoms in total. The fraction of sp³-hybridized carbons (Fsp3) is 0.875. The predicted molar refractivity (Wildman–Crippen MR) is 45.1 cm³/mol. The number of primary amides is 1. The van der Waals surface area contributed by atoms with E-state index in [9.17, 15) is 4.79 Å². The Hall–Kier alpha value is -0.610. The molecule has 70 valence electrons. The standard InChI is InChI=1S/C8H16N2O2/c9-6(7(11)8(10)12)4-5-2-1-3-5/h5-7,11H,1-4,9H2,(H2,10,12)/t6-,7?/m0/s1. The third-order valence-corrected chi connectivity index (χ3v) is 2.53. The van der Waals surface area contributed by atoms with Gasteiger partial charge in [0.15, 0.2) is 0 Å². The van der Waals surface area contributed by atoms with Gasteiger partial charge in [0.25, 0.3) is 0 Å². The van der Waals surface area contributed by atoms with Crippen molar-refractivity contribution in [1.82, 2.24) is 0 Å². The molecule has 0 saturated heterocycles. The zero-order chi connectivity index (χ0) is 9.14. The predicted octanol–water partition coefficient (Wildman–Crippen LogP) is -0.650. The molecule has 0 aromatic carbocycles. The lowest BCUT2D eigenvalue weighted by Crippen LogP contribution is -2.45. The summed E-state index contributed by atoms with van der Waals surface area (Å²) in [4.78, 5) is 10.5. The smallest absolute Gasteiger partial charge is 0.247 e. The number of amides is 1. The Kier molecular flexibility index (Phi) is 3.05. The van der Waals surface area contributed by atoms with Gasteiger partial charge in [-0.15, -0.1) is 0 Å². The van der Waals surface area contributed by atoms with Gasteiger partial charge >= 0.3 is 0 Å². The van der Waals surface area contributed by atoms with Gasteiger partial charge in [0, 0.05) is 6.04 Å². The van der Waals surface area contributed by atoms with E-state index in [1.165, 1.54) is 19.3 Å². The molecule has 1 unspecified atom stereocenters. The maximum absolute atomic E-state index is 10.5. The first-order valence-electron chi connectivity index (χ1n) is 4.34. The fourth-order valence-electron chi connectivity index (χ4n) is 1.45. The Bertz CT molecular complexity index is 168. The van der Waals surface area contributed by atoms with Gasteiger partial charge in [-0.05, 0) is 12.3 Å². The molecule has 0 spiro atoms. The molecule has 0 aromatic rings. The number of hydrogen-bond acceptors (Lipinski definition) is 3. The van der Waals surface area contributed by atoms with Gasteiger partial charge in [-0.1, -0.05) is 19.3 Å². The van der Waals surface area contributed by atoms with E-state index in [1.807, 2.05) is 0 Å². The average Bonchev–Trinajstić information content (AvgIpc) is 1.94. The summed E-state index contributed by atoms with van der Waals surface area (Å²) in [6.45, 7) is 0. The molecule has 2 atom stereocenters. The van der Waals surface area contributed by atoms with Gasteiger partial charge in [0.05, 0.1) is 0 Å². The highest BCUT2D eigenvalue weighted by atomic mass is 16.3. The quantitative estimate of drug-likeness (QED) is 0.526. The molecule has 0 radical (unpaired) electrons. The molecule has 1 fully saturated rings. The third kappa shape index (κ3) is 2.19. The number of carbonyl (C=O) groups is 1. The summed E-state index contributed by atoms with van der Waals surface area (Å²) in [5, 5.41) is 9.16. The van der Waals surface area contributed by atoms with Crippen LogP contribution >= 0.6 is 0 Å². The molecule has 1 rings (SSSR count). The van der Waals surface area contributed by atoms with Crippen LogP contribution in [0.1, 0.15) is 25.7 Å². The van der Waals surface area contributed by atoms with Crippen molar-refractivity contribution in [3.63, 3.8) is 0 Å².